The van der Waals surface area contributed by atoms with Gasteiger partial charge in [0.15, 0.2) is 0 Å². The zero-order chi connectivity index (χ0) is 13.1. The van der Waals surface area contributed by atoms with E-state index in [2.05, 4.69) is 15.9 Å². The van der Waals surface area contributed by atoms with Crippen LogP contribution in [0.2, 0.25) is 0 Å². The van der Waals surface area contributed by atoms with Crippen molar-refractivity contribution in [2.45, 2.75) is 20.1 Å². The summed E-state index contributed by atoms with van der Waals surface area (Å²) in [5, 5.41) is 9.12. The van der Waals surface area contributed by atoms with E-state index in [1.807, 2.05) is 37.3 Å². The highest BCUT2D eigenvalue weighted by molar-refractivity contribution is 9.10. The molecule has 0 aliphatic heterocycles. The molecule has 2 rings (SSSR count). The first kappa shape index (κ1) is 13.1. The van der Waals surface area contributed by atoms with Crippen molar-refractivity contribution in [2.75, 3.05) is 0 Å². The largest absolute Gasteiger partial charge is 0.391 e. The standard InChI is InChI=1S/C14H14BrNO2/c1-2-16-13(8-5-11(9-17)14(16)18)10-3-6-12(15)7-4-10/h3-8,17H,2,9H2,1H3. The van der Waals surface area contributed by atoms with Gasteiger partial charge in [0.2, 0.25) is 0 Å². The van der Waals surface area contributed by atoms with Crippen LogP contribution < -0.4 is 5.56 Å². The lowest BCUT2D eigenvalue weighted by Gasteiger charge is -2.12. The molecule has 1 heterocycles. The Bertz CT molecular complexity index is 602. The average molecular weight is 308 g/mol. The molecule has 1 aromatic heterocycles. The molecular formula is C14H14BrNO2. The number of benzene rings is 1. The van der Waals surface area contributed by atoms with Gasteiger partial charge in [0.05, 0.1) is 12.3 Å². The smallest absolute Gasteiger partial charge is 0.256 e. The molecule has 0 saturated heterocycles. The fraction of sp³-hybridized carbons (Fsp3) is 0.214. The molecule has 3 nitrogen and oxygen atoms in total. The summed E-state index contributed by atoms with van der Waals surface area (Å²) in [5.74, 6) is 0. The van der Waals surface area contributed by atoms with Crippen LogP contribution >= 0.6 is 15.9 Å². The molecule has 4 heteroatoms. The topological polar surface area (TPSA) is 42.2 Å². The Morgan fingerprint density at radius 1 is 1.17 bits per heavy atom. The van der Waals surface area contributed by atoms with Crippen molar-refractivity contribution < 1.29 is 5.11 Å². The maximum atomic E-state index is 12.1. The van der Waals surface area contributed by atoms with E-state index < -0.39 is 0 Å². The minimum absolute atomic E-state index is 0.125. The first-order valence-electron chi connectivity index (χ1n) is 5.77. The van der Waals surface area contributed by atoms with Crippen molar-refractivity contribution in [3.8, 4) is 11.3 Å². The van der Waals surface area contributed by atoms with Gasteiger partial charge in [-0.1, -0.05) is 28.1 Å². The predicted octanol–water partition coefficient (Wildman–Crippen LogP) is 2.79. The van der Waals surface area contributed by atoms with Gasteiger partial charge in [-0.25, -0.2) is 0 Å². The van der Waals surface area contributed by atoms with Crippen molar-refractivity contribution in [1.29, 1.82) is 0 Å². The number of rotatable bonds is 3. The second-order valence-corrected chi connectivity index (χ2v) is 4.87. The molecule has 0 amide bonds. The number of aromatic nitrogens is 1. The molecule has 18 heavy (non-hydrogen) atoms. The lowest BCUT2D eigenvalue weighted by Crippen LogP contribution is -2.24. The lowest BCUT2D eigenvalue weighted by molar-refractivity contribution is 0.279. The predicted molar refractivity (Wildman–Crippen MR) is 75.4 cm³/mol. The van der Waals surface area contributed by atoms with Gasteiger partial charge in [0.25, 0.3) is 5.56 Å². The van der Waals surface area contributed by atoms with Crippen LogP contribution in [0.15, 0.2) is 45.7 Å². The Morgan fingerprint density at radius 2 is 1.83 bits per heavy atom. The maximum Gasteiger partial charge on any atom is 0.256 e. The van der Waals surface area contributed by atoms with E-state index >= 15 is 0 Å². The maximum absolute atomic E-state index is 12.1. The number of halogens is 1. The van der Waals surface area contributed by atoms with Crippen LogP contribution in [0.5, 0.6) is 0 Å². The summed E-state index contributed by atoms with van der Waals surface area (Å²) in [6.07, 6.45) is 0. The fourth-order valence-electron chi connectivity index (χ4n) is 1.93. The monoisotopic (exact) mass is 307 g/mol. The molecule has 0 aliphatic carbocycles. The first-order valence-corrected chi connectivity index (χ1v) is 6.56. The number of hydrogen-bond donors (Lipinski definition) is 1. The molecule has 0 spiro atoms. The highest BCUT2D eigenvalue weighted by atomic mass is 79.9. The van der Waals surface area contributed by atoms with Crippen LogP contribution in [0.1, 0.15) is 12.5 Å². The number of nitrogens with zero attached hydrogens (tertiary/aromatic N) is 1. The van der Waals surface area contributed by atoms with E-state index in [4.69, 9.17) is 5.11 Å². The minimum Gasteiger partial charge on any atom is -0.391 e. The normalized spacial score (nSPS) is 10.6. The van der Waals surface area contributed by atoms with Gasteiger partial charge in [-0.05, 0) is 36.8 Å². The molecule has 0 atom stereocenters. The molecule has 0 bridgehead atoms. The van der Waals surface area contributed by atoms with Crippen molar-refractivity contribution in [1.82, 2.24) is 4.57 Å². The van der Waals surface area contributed by atoms with Gasteiger partial charge in [-0.15, -0.1) is 0 Å². The summed E-state index contributed by atoms with van der Waals surface area (Å²) < 4.78 is 2.68. The third-order valence-corrected chi connectivity index (χ3v) is 3.41. The average Bonchev–Trinajstić information content (AvgIpc) is 2.39. The van der Waals surface area contributed by atoms with Gasteiger partial charge >= 0.3 is 0 Å². The molecule has 0 saturated carbocycles. The zero-order valence-electron chi connectivity index (χ0n) is 10.1. The van der Waals surface area contributed by atoms with Crippen molar-refractivity contribution >= 4 is 15.9 Å². The Balaban J connectivity index is 2.61. The summed E-state index contributed by atoms with van der Waals surface area (Å²) in [6.45, 7) is 2.28. The van der Waals surface area contributed by atoms with E-state index in [1.165, 1.54) is 0 Å². The number of pyridine rings is 1. The fourth-order valence-corrected chi connectivity index (χ4v) is 2.19. The quantitative estimate of drug-likeness (QED) is 0.947. The van der Waals surface area contributed by atoms with Crippen LogP contribution in [0.25, 0.3) is 11.3 Å². The second kappa shape index (κ2) is 5.50. The molecule has 0 fully saturated rings. The molecule has 0 radical (unpaired) electrons. The van der Waals surface area contributed by atoms with Crippen molar-refractivity contribution in [3.63, 3.8) is 0 Å². The first-order chi connectivity index (χ1) is 8.67. The second-order valence-electron chi connectivity index (χ2n) is 3.96. The SMILES string of the molecule is CCn1c(-c2ccc(Br)cc2)ccc(CO)c1=O. The zero-order valence-corrected chi connectivity index (χ0v) is 11.6. The van der Waals surface area contributed by atoms with Gasteiger partial charge in [0.1, 0.15) is 0 Å². The van der Waals surface area contributed by atoms with Crippen molar-refractivity contribution in [2.24, 2.45) is 0 Å². The molecule has 0 unspecified atom stereocenters. The highest BCUT2D eigenvalue weighted by Crippen LogP contribution is 2.21. The van der Waals surface area contributed by atoms with E-state index in [0.29, 0.717) is 12.1 Å². The molecule has 1 aromatic carbocycles. The van der Waals surface area contributed by atoms with Crippen molar-refractivity contribution in [3.05, 3.63) is 56.8 Å². The van der Waals surface area contributed by atoms with Crippen LogP contribution in [-0.2, 0) is 13.2 Å². The minimum atomic E-state index is -0.223. The third-order valence-electron chi connectivity index (χ3n) is 2.88. The van der Waals surface area contributed by atoms with Crippen LogP contribution in [-0.4, -0.2) is 9.67 Å². The van der Waals surface area contributed by atoms with Gasteiger partial charge < -0.3 is 9.67 Å². The van der Waals surface area contributed by atoms with E-state index in [-0.39, 0.29) is 12.2 Å². The van der Waals surface area contributed by atoms with Gasteiger partial charge in [0, 0.05) is 16.6 Å². The highest BCUT2D eigenvalue weighted by Gasteiger charge is 2.08. The van der Waals surface area contributed by atoms with Gasteiger partial charge in [-0.3, -0.25) is 4.79 Å². The van der Waals surface area contributed by atoms with E-state index in [1.54, 1.807) is 10.6 Å². The molecule has 2 aromatic rings. The Kier molecular flexibility index (Phi) is 3.99. The molecular weight excluding hydrogens is 294 g/mol. The Labute approximate surface area is 114 Å². The van der Waals surface area contributed by atoms with Crippen LogP contribution in [0, 0.1) is 0 Å². The summed E-state index contributed by atoms with van der Waals surface area (Å²) in [4.78, 5) is 12.1. The summed E-state index contributed by atoms with van der Waals surface area (Å²) >= 11 is 3.39. The van der Waals surface area contributed by atoms with E-state index in [9.17, 15) is 4.79 Å². The number of aliphatic hydroxyl groups is 1. The number of aliphatic hydroxyl groups excluding tert-OH is 1. The summed E-state index contributed by atoms with van der Waals surface area (Å²) in [5.41, 5.74) is 2.16. The third kappa shape index (κ3) is 2.40. The molecule has 0 aliphatic rings. The van der Waals surface area contributed by atoms with Crippen LogP contribution in [0.4, 0.5) is 0 Å². The Hall–Kier alpha value is -1.39. The molecule has 94 valence electrons. The summed E-state index contributed by atoms with van der Waals surface area (Å²) in [6, 6.07) is 11.4. The number of hydrogen-bond acceptors (Lipinski definition) is 2. The Morgan fingerprint density at radius 3 is 2.39 bits per heavy atom. The molecule has 1 N–H and O–H groups in total. The lowest BCUT2D eigenvalue weighted by atomic mass is 10.1. The summed E-state index contributed by atoms with van der Waals surface area (Å²) in [7, 11) is 0. The van der Waals surface area contributed by atoms with Gasteiger partial charge in [-0.2, -0.15) is 0 Å². The van der Waals surface area contributed by atoms with E-state index in [0.717, 1.165) is 15.7 Å². The van der Waals surface area contributed by atoms with Crippen LogP contribution in [0.3, 0.4) is 0 Å².